The van der Waals surface area contributed by atoms with Gasteiger partial charge in [-0.05, 0) is 29.8 Å². The summed E-state index contributed by atoms with van der Waals surface area (Å²) < 4.78 is 11.0. The van der Waals surface area contributed by atoms with Gasteiger partial charge in [0.1, 0.15) is 17.8 Å². The molecule has 0 aliphatic heterocycles. The first-order chi connectivity index (χ1) is 15.2. The second kappa shape index (κ2) is 9.54. The fourth-order valence-corrected chi connectivity index (χ4v) is 3.01. The van der Waals surface area contributed by atoms with Crippen LogP contribution in [0.5, 0.6) is 17.4 Å². The number of benzene rings is 3. The van der Waals surface area contributed by atoms with E-state index in [0.717, 1.165) is 11.1 Å². The second-order valence-electron chi connectivity index (χ2n) is 6.77. The van der Waals surface area contributed by atoms with E-state index in [4.69, 9.17) is 9.47 Å². The lowest BCUT2D eigenvalue weighted by Gasteiger charge is -2.08. The molecule has 31 heavy (non-hydrogen) atoms. The molecule has 0 bridgehead atoms. The summed E-state index contributed by atoms with van der Waals surface area (Å²) in [7, 11) is 1.60. The van der Waals surface area contributed by atoms with Gasteiger partial charge in [0.2, 0.25) is 5.88 Å². The molecule has 0 unspecified atom stereocenters. The van der Waals surface area contributed by atoms with Crippen molar-refractivity contribution in [3.05, 3.63) is 102 Å². The number of ether oxygens (including phenoxy) is 2. The lowest BCUT2D eigenvalue weighted by molar-refractivity contribution is 0.0951. The number of hydrogen-bond donors (Lipinski definition) is 1. The number of nitrogens with zero attached hydrogens (tertiary/aromatic N) is 2. The van der Waals surface area contributed by atoms with E-state index in [0.29, 0.717) is 35.2 Å². The molecule has 0 saturated heterocycles. The first-order valence-electron chi connectivity index (χ1n) is 9.78. The molecular weight excluding hydrogens is 390 g/mol. The highest BCUT2D eigenvalue weighted by atomic mass is 16.5. The Morgan fingerprint density at radius 2 is 1.65 bits per heavy atom. The average molecular weight is 411 g/mol. The molecule has 1 N–H and O–H groups in total. The number of carbonyl (C=O) groups excluding carboxylic acids is 1. The molecule has 3 aromatic carbocycles. The van der Waals surface area contributed by atoms with Gasteiger partial charge in [0, 0.05) is 29.8 Å². The molecule has 154 valence electrons. The largest absolute Gasteiger partial charge is 0.497 e. The van der Waals surface area contributed by atoms with E-state index >= 15 is 0 Å². The summed E-state index contributed by atoms with van der Waals surface area (Å²) >= 11 is 0. The molecule has 0 radical (unpaired) electrons. The summed E-state index contributed by atoms with van der Waals surface area (Å²) in [5.74, 6) is 1.62. The molecule has 6 nitrogen and oxygen atoms in total. The third kappa shape index (κ3) is 5.25. The SMILES string of the molecule is COc1cccc(Oc2cc(-c3ccc(C(=O)NCc4ccccc4)cc3)ncn2)c1. The summed E-state index contributed by atoms with van der Waals surface area (Å²) in [5, 5.41) is 2.93. The molecule has 1 heterocycles. The van der Waals surface area contributed by atoms with E-state index in [2.05, 4.69) is 15.3 Å². The average Bonchev–Trinajstić information content (AvgIpc) is 2.83. The van der Waals surface area contributed by atoms with Crippen molar-refractivity contribution >= 4 is 5.91 Å². The number of aromatic nitrogens is 2. The number of amides is 1. The van der Waals surface area contributed by atoms with Crippen molar-refractivity contribution in [1.29, 1.82) is 0 Å². The molecule has 6 heteroatoms. The Labute approximate surface area is 180 Å². The van der Waals surface area contributed by atoms with Gasteiger partial charge in [-0.2, -0.15) is 0 Å². The normalized spacial score (nSPS) is 10.4. The quantitative estimate of drug-likeness (QED) is 0.469. The number of hydrogen-bond acceptors (Lipinski definition) is 5. The molecule has 0 aliphatic carbocycles. The first-order valence-corrected chi connectivity index (χ1v) is 9.78. The predicted octanol–water partition coefficient (Wildman–Crippen LogP) is 4.87. The van der Waals surface area contributed by atoms with Gasteiger partial charge in [-0.3, -0.25) is 4.79 Å². The Kier molecular flexibility index (Phi) is 6.18. The molecule has 0 aliphatic rings. The summed E-state index contributed by atoms with van der Waals surface area (Å²) in [6.45, 7) is 0.484. The van der Waals surface area contributed by atoms with Crippen molar-refractivity contribution in [2.24, 2.45) is 0 Å². The fraction of sp³-hybridized carbons (Fsp3) is 0.0800. The van der Waals surface area contributed by atoms with Crippen LogP contribution < -0.4 is 14.8 Å². The predicted molar refractivity (Wildman–Crippen MR) is 118 cm³/mol. The molecule has 4 aromatic rings. The summed E-state index contributed by atoms with van der Waals surface area (Å²) in [6.07, 6.45) is 1.45. The highest BCUT2D eigenvalue weighted by Crippen LogP contribution is 2.26. The van der Waals surface area contributed by atoms with Gasteiger partial charge in [-0.15, -0.1) is 0 Å². The molecular formula is C25H21N3O3. The molecule has 1 amide bonds. The second-order valence-corrected chi connectivity index (χ2v) is 6.77. The zero-order chi connectivity index (χ0) is 21.5. The first kappa shape index (κ1) is 20.1. The van der Waals surface area contributed by atoms with Crippen molar-refractivity contribution in [2.75, 3.05) is 7.11 Å². The molecule has 0 saturated carbocycles. The third-order valence-corrected chi connectivity index (χ3v) is 4.64. The van der Waals surface area contributed by atoms with Crippen molar-refractivity contribution in [3.8, 4) is 28.6 Å². The summed E-state index contributed by atoms with van der Waals surface area (Å²) in [5.41, 5.74) is 3.19. The molecule has 1 aromatic heterocycles. The summed E-state index contributed by atoms with van der Waals surface area (Å²) in [4.78, 5) is 20.9. The van der Waals surface area contributed by atoms with Crippen LogP contribution in [0.25, 0.3) is 11.3 Å². The highest BCUT2D eigenvalue weighted by Gasteiger charge is 2.08. The van der Waals surface area contributed by atoms with E-state index in [9.17, 15) is 4.79 Å². The van der Waals surface area contributed by atoms with Crippen LogP contribution in [0.3, 0.4) is 0 Å². The standard InChI is InChI=1S/C25H21N3O3/c1-30-21-8-5-9-22(14-21)31-24-15-23(27-17-28-24)19-10-12-20(13-11-19)25(29)26-16-18-6-3-2-4-7-18/h2-15,17H,16H2,1H3,(H,26,29). The van der Waals surface area contributed by atoms with Gasteiger partial charge in [0.25, 0.3) is 5.91 Å². The smallest absolute Gasteiger partial charge is 0.251 e. The van der Waals surface area contributed by atoms with E-state index in [1.54, 1.807) is 31.4 Å². The van der Waals surface area contributed by atoms with Gasteiger partial charge < -0.3 is 14.8 Å². The van der Waals surface area contributed by atoms with Gasteiger partial charge >= 0.3 is 0 Å². The van der Waals surface area contributed by atoms with Crippen LogP contribution in [0.15, 0.2) is 91.3 Å². The minimum atomic E-state index is -0.125. The van der Waals surface area contributed by atoms with Gasteiger partial charge in [-0.1, -0.05) is 48.5 Å². The van der Waals surface area contributed by atoms with Crippen molar-refractivity contribution in [1.82, 2.24) is 15.3 Å². The minimum Gasteiger partial charge on any atom is -0.497 e. The molecule has 0 spiro atoms. The topological polar surface area (TPSA) is 73.3 Å². The van der Waals surface area contributed by atoms with Crippen molar-refractivity contribution in [3.63, 3.8) is 0 Å². The Balaban J connectivity index is 1.43. The molecule has 0 atom stereocenters. The number of nitrogens with one attached hydrogen (secondary N) is 1. The Hall–Kier alpha value is -4.19. The Bertz CT molecular complexity index is 1160. The highest BCUT2D eigenvalue weighted by molar-refractivity contribution is 5.94. The van der Waals surface area contributed by atoms with Crippen LogP contribution in [0.2, 0.25) is 0 Å². The van der Waals surface area contributed by atoms with E-state index in [1.165, 1.54) is 6.33 Å². The lowest BCUT2D eigenvalue weighted by atomic mass is 10.1. The summed E-state index contributed by atoms with van der Waals surface area (Å²) in [6, 6.07) is 26.1. The zero-order valence-corrected chi connectivity index (χ0v) is 17.0. The van der Waals surface area contributed by atoms with Gasteiger partial charge in [0.15, 0.2) is 0 Å². The molecule has 0 fully saturated rings. The van der Waals surface area contributed by atoms with Gasteiger partial charge in [-0.25, -0.2) is 9.97 Å². The van der Waals surface area contributed by atoms with Crippen LogP contribution in [-0.2, 0) is 6.54 Å². The Morgan fingerprint density at radius 1 is 0.871 bits per heavy atom. The van der Waals surface area contributed by atoms with Crippen LogP contribution in [0.4, 0.5) is 0 Å². The van der Waals surface area contributed by atoms with Crippen LogP contribution in [0, 0.1) is 0 Å². The van der Waals surface area contributed by atoms with E-state index < -0.39 is 0 Å². The maximum absolute atomic E-state index is 12.4. The minimum absolute atomic E-state index is 0.125. The van der Waals surface area contributed by atoms with Crippen LogP contribution in [-0.4, -0.2) is 23.0 Å². The zero-order valence-electron chi connectivity index (χ0n) is 17.0. The van der Waals surface area contributed by atoms with Crippen LogP contribution >= 0.6 is 0 Å². The third-order valence-electron chi connectivity index (χ3n) is 4.64. The lowest BCUT2D eigenvalue weighted by Crippen LogP contribution is -2.22. The Morgan fingerprint density at radius 3 is 2.42 bits per heavy atom. The molecule has 4 rings (SSSR count). The fourth-order valence-electron chi connectivity index (χ4n) is 3.01. The van der Waals surface area contributed by atoms with Crippen molar-refractivity contribution in [2.45, 2.75) is 6.54 Å². The van der Waals surface area contributed by atoms with E-state index in [1.807, 2.05) is 60.7 Å². The van der Waals surface area contributed by atoms with Gasteiger partial charge in [0.05, 0.1) is 12.8 Å². The maximum atomic E-state index is 12.4. The number of methoxy groups -OCH3 is 1. The van der Waals surface area contributed by atoms with Crippen molar-refractivity contribution < 1.29 is 14.3 Å². The van der Waals surface area contributed by atoms with E-state index in [-0.39, 0.29) is 5.91 Å². The number of carbonyl (C=O) groups is 1. The maximum Gasteiger partial charge on any atom is 0.251 e. The number of rotatable bonds is 7. The van der Waals surface area contributed by atoms with Crippen LogP contribution in [0.1, 0.15) is 15.9 Å². The monoisotopic (exact) mass is 411 g/mol.